The molecule has 0 fully saturated rings. The van der Waals surface area contributed by atoms with Crippen LogP contribution in [0.25, 0.3) is 0 Å². The average molecular weight is 583 g/mol. The van der Waals surface area contributed by atoms with Gasteiger partial charge in [0.1, 0.15) is 24.2 Å². The highest BCUT2D eigenvalue weighted by Gasteiger charge is 2.31. The molecule has 0 saturated heterocycles. The minimum atomic E-state index is -1.47. The van der Waals surface area contributed by atoms with E-state index < -0.39 is 72.8 Å². The minimum Gasteiger partial charge on any atom is -0.480 e. The summed E-state index contributed by atoms with van der Waals surface area (Å²) >= 11 is 0. The normalized spacial score (nSPS) is 14.6. The Kier molecular flexibility index (Phi) is 15.0. The van der Waals surface area contributed by atoms with Gasteiger partial charge in [-0.3, -0.25) is 24.0 Å². The average Bonchev–Trinajstić information content (AvgIpc) is 3.44. The van der Waals surface area contributed by atoms with Crippen molar-refractivity contribution in [3.05, 3.63) is 18.2 Å². The molecule has 1 aromatic heterocycles. The summed E-state index contributed by atoms with van der Waals surface area (Å²) in [4.78, 5) is 81.0. The maximum Gasteiger partial charge on any atom is 0.326 e. The highest BCUT2D eigenvalue weighted by atomic mass is 16.4. The summed E-state index contributed by atoms with van der Waals surface area (Å²) in [6.07, 6.45) is 3.51. The molecule has 10 N–H and O–H groups in total. The molecule has 1 aromatic rings. The third-order valence-corrected chi connectivity index (χ3v) is 6.19. The fourth-order valence-corrected chi connectivity index (χ4v) is 3.72. The molecular formula is C25H42N8O8. The van der Waals surface area contributed by atoms with Crippen LogP contribution >= 0.6 is 0 Å². The number of nitrogens with two attached hydrogens (primary N) is 1. The van der Waals surface area contributed by atoms with E-state index in [1.807, 2.05) is 0 Å². The van der Waals surface area contributed by atoms with Crippen LogP contribution in [-0.4, -0.2) is 99.5 Å². The maximum atomic E-state index is 13.0. The maximum absolute atomic E-state index is 13.0. The number of hydrogen-bond acceptors (Lipinski definition) is 9. The summed E-state index contributed by atoms with van der Waals surface area (Å²) in [5.41, 5.74) is 5.85. The third kappa shape index (κ3) is 12.3. The first kappa shape index (κ1) is 35.0. The van der Waals surface area contributed by atoms with Crippen molar-refractivity contribution in [1.29, 1.82) is 0 Å². The quantitative estimate of drug-likeness (QED) is 0.0855. The van der Waals surface area contributed by atoms with Crippen LogP contribution in [0.15, 0.2) is 12.5 Å². The molecule has 16 nitrogen and oxygen atoms in total. The highest BCUT2D eigenvalue weighted by Crippen LogP contribution is 2.08. The Bertz CT molecular complexity index is 1030. The number of nitrogens with one attached hydrogen (secondary N) is 6. The summed E-state index contributed by atoms with van der Waals surface area (Å²) in [6.45, 7) is 5.33. The molecule has 0 radical (unpaired) electrons. The van der Waals surface area contributed by atoms with Crippen LogP contribution in [0, 0.1) is 11.8 Å². The van der Waals surface area contributed by atoms with E-state index >= 15 is 0 Å². The van der Waals surface area contributed by atoms with Crippen molar-refractivity contribution in [1.82, 2.24) is 36.6 Å². The Balaban J connectivity index is 2.88. The van der Waals surface area contributed by atoms with E-state index in [1.165, 1.54) is 12.5 Å². The van der Waals surface area contributed by atoms with Crippen molar-refractivity contribution in [2.75, 3.05) is 19.7 Å². The van der Waals surface area contributed by atoms with E-state index in [1.54, 1.807) is 27.7 Å². The van der Waals surface area contributed by atoms with Gasteiger partial charge < -0.3 is 47.5 Å². The molecule has 0 aliphatic rings. The van der Waals surface area contributed by atoms with Crippen molar-refractivity contribution in [3.8, 4) is 0 Å². The van der Waals surface area contributed by atoms with Crippen LogP contribution in [0.1, 0.15) is 46.2 Å². The van der Waals surface area contributed by atoms with E-state index in [0.29, 0.717) is 12.1 Å². The molecule has 41 heavy (non-hydrogen) atoms. The van der Waals surface area contributed by atoms with Gasteiger partial charge in [0, 0.05) is 18.3 Å². The number of rotatable bonds is 18. The number of carboxylic acids is 1. The third-order valence-electron chi connectivity index (χ3n) is 6.19. The largest absolute Gasteiger partial charge is 0.480 e. The number of amides is 5. The van der Waals surface area contributed by atoms with Crippen LogP contribution in [0.4, 0.5) is 0 Å². The lowest BCUT2D eigenvalue weighted by molar-refractivity contribution is -0.143. The van der Waals surface area contributed by atoms with Gasteiger partial charge in [-0.15, -0.1) is 0 Å². The van der Waals surface area contributed by atoms with Gasteiger partial charge in [0.15, 0.2) is 0 Å². The molecule has 0 aliphatic heterocycles. The lowest BCUT2D eigenvalue weighted by Gasteiger charge is -2.25. The molecule has 0 saturated carbocycles. The Hall–Kier alpha value is -4.05. The van der Waals surface area contributed by atoms with Gasteiger partial charge in [-0.2, -0.15) is 0 Å². The van der Waals surface area contributed by atoms with Crippen LogP contribution in [-0.2, 0) is 35.2 Å². The predicted octanol–water partition coefficient (Wildman–Crippen LogP) is -2.86. The number of hydrogen-bond donors (Lipinski definition) is 9. The van der Waals surface area contributed by atoms with Gasteiger partial charge in [-0.05, 0) is 18.3 Å². The van der Waals surface area contributed by atoms with Crippen LogP contribution in [0.5, 0.6) is 0 Å². The number of aliphatic hydroxyl groups excluding tert-OH is 1. The Morgan fingerprint density at radius 2 is 1.56 bits per heavy atom. The van der Waals surface area contributed by atoms with Gasteiger partial charge in [0.2, 0.25) is 29.5 Å². The number of carboxylic acid groups (broad SMARTS) is 1. The van der Waals surface area contributed by atoms with Crippen molar-refractivity contribution in [2.45, 2.75) is 71.1 Å². The Morgan fingerprint density at radius 1 is 0.927 bits per heavy atom. The van der Waals surface area contributed by atoms with Crippen molar-refractivity contribution in [3.63, 3.8) is 0 Å². The summed E-state index contributed by atoms with van der Waals surface area (Å²) in [6, 6.07) is -4.88. The Morgan fingerprint density at radius 3 is 2.07 bits per heavy atom. The summed E-state index contributed by atoms with van der Waals surface area (Å²) in [5, 5.41) is 31.2. The molecule has 0 spiro atoms. The molecule has 0 aromatic carbocycles. The molecular weight excluding hydrogens is 540 g/mol. The Labute approximate surface area is 238 Å². The zero-order chi connectivity index (χ0) is 31.1. The number of aliphatic hydroxyl groups is 1. The molecule has 230 valence electrons. The van der Waals surface area contributed by atoms with E-state index in [-0.39, 0.29) is 31.2 Å². The molecule has 5 amide bonds. The van der Waals surface area contributed by atoms with Crippen molar-refractivity contribution < 1.29 is 39.0 Å². The van der Waals surface area contributed by atoms with Gasteiger partial charge in [-0.25, -0.2) is 9.78 Å². The topological polar surface area (TPSA) is 258 Å². The number of aromatic amines is 1. The number of imidazole rings is 1. The molecule has 5 atom stereocenters. The fourth-order valence-electron chi connectivity index (χ4n) is 3.72. The van der Waals surface area contributed by atoms with Gasteiger partial charge >= 0.3 is 5.97 Å². The zero-order valence-electron chi connectivity index (χ0n) is 23.7. The molecule has 1 heterocycles. The van der Waals surface area contributed by atoms with Gasteiger partial charge in [0.05, 0.1) is 26.0 Å². The number of nitrogens with zero attached hydrogens (tertiary/aromatic N) is 1. The first-order chi connectivity index (χ1) is 19.3. The second-order valence-electron chi connectivity index (χ2n) is 10.0. The number of carbonyl (C=O) groups excluding carboxylic acids is 5. The number of H-pyrrole nitrogens is 1. The number of aromatic nitrogens is 2. The molecule has 5 unspecified atom stereocenters. The van der Waals surface area contributed by atoms with Crippen LogP contribution in [0.2, 0.25) is 0 Å². The number of aliphatic carboxylic acids is 1. The van der Waals surface area contributed by atoms with Crippen molar-refractivity contribution in [2.24, 2.45) is 17.6 Å². The fraction of sp³-hybridized carbons (Fsp3) is 0.640. The SMILES string of the molecule is CCC(C)C(NC(=O)CNC(=O)C(CC(C)C)NC(=O)C(CO)NC(=O)C(Cc1cnc[nH]1)NC(=O)CN)C(=O)O. The zero-order valence-corrected chi connectivity index (χ0v) is 23.7. The molecule has 0 bridgehead atoms. The standard InChI is InChI=1S/C25H42N8O8/c1-5-14(4)21(25(40)41)33-20(36)10-28-22(37)16(6-13(2)3)31-24(39)18(11-34)32-23(38)17(30-19(35)8-26)7-15-9-27-12-29-15/h9,12-14,16-18,21,34H,5-8,10-11,26H2,1-4H3,(H,27,29)(H,28,37)(H,30,35)(H,31,39)(H,32,38)(H,33,36)(H,40,41). The van der Waals surface area contributed by atoms with E-state index in [4.69, 9.17) is 5.73 Å². The van der Waals surface area contributed by atoms with Gasteiger partial charge in [0.25, 0.3) is 0 Å². The van der Waals surface area contributed by atoms with E-state index in [9.17, 15) is 39.0 Å². The lowest BCUT2D eigenvalue weighted by Crippen LogP contribution is -2.59. The second-order valence-corrected chi connectivity index (χ2v) is 10.0. The first-order valence-corrected chi connectivity index (χ1v) is 13.3. The summed E-state index contributed by atoms with van der Waals surface area (Å²) in [5.74, 6) is -5.33. The first-order valence-electron chi connectivity index (χ1n) is 13.3. The minimum absolute atomic E-state index is 0.00243. The monoisotopic (exact) mass is 582 g/mol. The summed E-state index contributed by atoms with van der Waals surface area (Å²) in [7, 11) is 0. The van der Waals surface area contributed by atoms with E-state index in [0.717, 1.165) is 0 Å². The lowest BCUT2D eigenvalue weighted by atomic mass is 9.99. The smallest absolute Gasteiger partial charge is 0.326 e. The van der Waals surface area contributed by atoms with Gasteiger partial charge in [-0.1, -0.05) is 34.1 Å². The second kappa shape index (κ2) is 17.6. The number of carbonyl (C=O) groups is 6. The van der Waals surface area contributed by atoms with E-state index in [2.05, 4.69) is 36.6 Å². The van der Waals surface area contributed by atoms with Crippen molar-refractivity contribution >= 4 is 35.5 Å². The van der Waals surface area contributed by atoms with Crippen LogP contribution in [0.3, 0.4) is 0 Å². The highest BCUT2D eigenvalue weighted by molar-refractivity contribution is 5.95. The predicted molar refractivity (Wildman–Crippen MR) is 146 cm³/mol. The molecule has 1 rings (SSSR count). The van der Waals surface area contributed by atoms with Crippen LogP contribution < -0.4 is 32.3 Å². The molecule has 16 heteroatoms. The molecule has 0 aliphatic carbocycles. The summed E-state index contributed by atoms with van der Waals surface area (Å²) < 4.78 is 0.